The molecule has 194 valence electrons. The average Bonchev–Trinajstić information content (AvgIpc) is 2.82. The van der Waals surface area contributed by atoms with Crippen molar-refractivity contribution in [3.63, 3.8) is 0 Å². The maximum atomic E-state index is 12.9. The van der Waals surface area contributed by atoms with Crippen LogP contribution < -0.4 is 33.2 Å². The quantitative estimate of drug-likeness (QED) is 0.0506. The molecule has 0 aromatic heterocycles. The lowest BCUT2D eigenvalue weighted by Gasteiger charge is -2.24. The Kier molecular flexibility index (Phi) is 13.2. The number of amides is 3. The zero-order valence-electron chi connectivity index (χ0n) is 19.1. The molecule has 0 saturated heterocycles. The van der Waals surface area contributed by atoms with Gasteiger partial charge in [-0.3, -0.25) is 19.4 Å². The summed E-state index contributed by atoms with van der Waals surface area (Å²) < 4.78 is 0. The minimum Gasteiger partial charge on any atom is -0.480 e. The van der Waals surface area contributed by atoms with Gasteiger partial charge in [0, 0.05) is 12.3 Å². The fourth-order valence-corrected chi connectivity index (χ4v) is 3.19. The maximum absolute atomic E-state index is 12.9. The Balaban J connectivity index is 2.88. The van der Waals surface area contributed by atoms with Crippen molar-refractivity contribution in [3.05, 3.63) is 35.9 Å². The molecule has 3 amide bonds. The Bertz CT molecular complexity index is 882. The van der Waals surface area contributed by atoms with Crippen LogP contribution in [0.15, 0.2) is 35.3 Å². The number of aliphatic imine (C=N–C) groups is 1. The number of carbonyl (C=O) groups excluding carboxylic acids is 3. The molecule has 35 heavy (non-hydrogen) atoms. The fraction of sp³-hybridized carbons (Fsp3) is 0.476. The van der Waals surface area contributed by atoms with Gasteiger partial charge < -0.3 is 43.4 Å². The minimum atomic E-state index is -1.55. The van der Waals surface area contributed by atoms with E-state index in [1.807, 2.05) is 30.3 Å². The fourth-order valence-electron chi connectivity index (χ4n) is 2.94. The van der Waals surface area contributed by atoms with Crippen molar-refractivity contribution in [1.82, 2.24) is 16.0 Å². The van der Waals surface area contributed by atoms with E-state index in [2.05, 4.69) is 33.6 Å². The molecule has 4 unspecified atom stereocenters. The van der Waals surface area contributed by atoms with E-state index in [0.717, 1.165) is 5.56 Å². The summed E-state index contributed by atoms with van der Waals surface area (Å²) in [6.45, 7) is -0.636. The van der Waals surface area contributed by atoms with Crippen LogP contribution >= 0.6 is 12.6 Å². The van der Waals surface area contributed by atoms with Gasteiger partial charge in [0.15, 0.2) is 5.96 Å². The molecule has 0 heterocycles. The summed E-state index contributed by atoms with van der Waals surface area (Å²) in [6.07, 6.45) is 0.698. The second-order valence-electron chi connectivity index (χ2n) is 7.63. The highest BCUT2D eigenvalue weighted by Crippen LogP contribution is 2.05. The minimum absolute atomic E-state index is 0.122. The first-order chi connectivity index (χ1) is 16.6. The van der Waals surface area contributed by atoms with E-state index in [1.54, 1.807) is 0 Å². The van der Waals surface area contributed by atoms with Crippen molar-refractivity contribution in [2.24, 2.45) is 22.2 Å². The molecule has 0 aliphatic rings. The SMILES string of the molecule is NC(N)=NCCCC(NC(=O)C(N)Cc1ccccc1)C(=O)NC(CS)C(=O)NC(CO)C(=O)O. The van der Waals surface area contributed by atoms with Gasteiger partial charge >= 0.3 is 5.97 Å². The lowest BCUT2D eigenvalue weighted by atomic mass is 10.0. The molecule has 0 aliphatic heterocycles. The highest BCUT2D eigenvalue weighted by molar-refractivity contribution is 7.80. The second kappa shape index (κ2) is 15.5. The second-order valence-corrected chi connectivity index (χ2v) is 8.00. The summed E-state index contributed by atoms with van der Waals surface area (Å²) >= 11 is 4.03. The van der Waals surface area contributed by atoms with E-state index >= 15 is 0 Å². The van der Waals surface area contributed by atoms with Crippen LogP contribution in [0.2, 0.25) is 0 Å². The average molecular weight is 512 g/mol. The van der Waals surface area contributed by atoms with Crippen LogP contribution in [-0.2, 0) is 25.6 Å². The van der Waals surface area contributed by atoms with Crippen molar-refractivity contribution in [2.75, 3.05) is 18.9 Å². The number of carbonyl (C=O) groups is 4. The van der Waals surface area contributed by atoms with Gasteiger partial charge in [0.05, 0.1) is 12.6 Å². The van der Waals surface area contributed by atoms with Gasteiger partial charge in [0.2, 0.25) is 17.7 Å². The number of aliphatic hydroxyl groups is 1. The third-order valence-corrected chi connectivity index (χ3v) is 5.19. The molecule has 0 saturated carbocycles. The number of guanidine groups is 1. The first-order valence-corrected chi connectivity index (χ1v) is 11.4. The topological polar surface area (TPSA) is 235 Å². The lowest BCUT2D eigenvalue weighted by Crippen LogP contribution is -2.58. The maximum Gasteiger partial charge on any atom is 0.328 e. The Morgan fingerprint density at radius 3 is 2.06 bits per heavy atom. The molecule has 0 radical (unpaired) electrons. The number of nitrogens with zero attached hydrogens (tertiary/aromatic N) is 1. The third kappa shape index (κ3) is 11.1. The summed E-state index contributed by atoms with van der Waals surface area (Å²) in [7, 11) is 0. The number of hydrogen-bond donors (Lipinski definition) is 9. The highest BCUT2D eigenvalue weighted by Gasteiger charge is 2.29. The molecular weight excluding hydrogens is 478 g/mol. The van der Waals surface area contributed by atoms with Crippen LogP contribution in [0.1, 0.15) is 18.4 Å². The Morgan fingerprint density at radius 1 is 0.943 bits per heavy atom. The number of carboxylic acid groups (broad SMARTS) is 1. The van der Waals surface area contributed by atoms with Gasteiger partial charge in [-0.25, -0.2) is 4.79 Å². The lowest BCUT2D eigenvalue weighted by molar-refractivity contribution is -0.143. The van der Waals surface area contributed by atoms with Gasteiger partial charge in [-0.05, 0) is 24.8 Å². The molecule has 13 nitrogen and oxygen atoms in total. The summed E-state index contributed by atoms with van der Waals surface area (Å²) in [6, 6.07) is 4.31. The van der Waals surface area contributed by atoms with Gasteiger partial charge in [-0.1, -0.05) is 30.3 Å². The summed E-state index contributed by atoms with van der Waals surface area (Å²) in [5, 5.41) is 25.2. The van der Waals surface area contributed by atoms with Crippen LogP contribution in [0.5, 0.6) is 0 Å². The molecule has 1 rings (SSSR count). The van der Waals surface area contributed by atoms with Crippen molar-refractivity contribution < 1.29 is 29.4 Å². The van der Waals surface area contributed by atoms with E-state index in [0.29, 0.717) is 6.42 Å². The van der Waals surface area contributed by atoms with Crippen molar-refractivity contribution in [1.29, 1.82) is 0 Å². The zero-order valence-corrected chi connectivity index (χ0v) is 20.0. The van der Waals surface area contributed by atoms with Crippen molar-refractivity contribution in [3.8, 4) is 0 Å². The number of nitrogens with two attached hydrogens (primary N) is 3. The molecule has 4 atom stereocenters. The summed E-state index contributed by atoms with van der Waals surface area (Å²) in [5.41, 5.74) is 17.5. The largest absolute Gasteiger partial charge is 0.480 e. The van der Waals surface area contributed by atoms with E-state index < -0.39 is 54.5 Å². The zero-order chi connectivity index (χ0) is 26.4. The first kappa shape index (κ1) is 29.7. The van der Waals surface area contributed by atoms with Crippen LogP contribution in [0.3, 0.4) is 0 Å². The van der Waals surface area contributed by atoms with Crippen LogP contribution in [0, 0.1) is 0 Å². The van der Waals surface area contributed by atoms with Crippen LogP contribution in [0.4, 0.5) is 0 Å². The standard InChI is InChI=1S/C21H33N7O6S/c22-13(9-12-5-2-1-3-6-12)17(30)26-14(7-4-8-25-21(23)24)18(31)28-16(11-35)19(32)27-15(10-29)20(33)34/h1-3,5-6,13-16,29,35H,4,7-11,22H2,(H,26,30)(H,27,32)(H,28,31)(H,33,34)(H4,23,24,25). The summed E-state index contributed by atoms with van der Waals surface area (Å²) in [4.78, 5) is 52.9. The smallest absolute Gasteiger partial charge is 0.328 e. The van der Waals surface area contributed by atoms with Gasteiger partial charge in [0.25, 0.3) is 0 Å². The van der Waals surface area contributed by atoms with Crippen molar-refractivity contribution in [2.45, 2.75) is 43.4 Å². The Labute approximate surface area is 208 Å². The molecule has 0 fully saturated rings. The highest BCUT2D eigenvalue weighted by atomic mass is 32.1. The predicted octanol–water partition coefficient (Wildman–Crippen LogP) is -2.93. The molecule has 0 bridgehead atoms. The number of aliphatic carboxylic acids is 1. The number of aliphatic hydroxyl groups excluding tert-OH is 1. The molecule has 0 aliphatic carbocycles. The number of nitrogens with one attached hydrogen (secondary N) is 3. The van der Waals surface area contributed by atoms with E-state index in [9.17, 15) is 19.2 Å². The van der Waals surface area contributed by atoms with Gasteiger partial charge in [0.1, 0.15) is 18.1 Å². The normalized spacial score (nSPS) is 14.0. The molecular formula is C21H33N7O6S. The molecule has 1 aromatic rings. The number of carboxylic acids is 1. The number of hydrogen-bond acceptors (Lipinski definition) is 8. The summed E-state index contributed by atoms with van der Waals surface area (Å²) in [5.74, 6) is -3.88. The monoisotopic (exact) mass is 511 g/mol. The third-order valence-electron chi connectivity index (χ3n) is 4.83. The van der Waals surface area contributed by atoms with E-state index in [4.69, 9.17) is 27.4 Å². The van der Waals surface area contributed by atoms with Gasteiger partial charge in [-0.15, -0.1) is 0 Å². The number of thiol groups is 1. The van der Waals surface area contributed by atoms with Crippen LogP contribution in [-0.4, -0.2) is 82.9 Å². The molecule has 11 N–H and O–H groups in total. The van der Waals surface area contributed by atoms with Crippen LogP contribution in [0.25, 0.3) is 0 Å². The Morgan fingerprint density at radius 2 is 1.51 bits per heavy atom. The molecule has 14 heteroatoms. The number of benzene rings is 1. The molecule has 1 aromatic carbocycles. The molecule has 0 spiro atoms. The van der Waals surface area contributed by atoms with Crippen molar-refractivity contribution >= 4 is 42.3 Å². The Hall–Kier alpha value is -3.36. The first-order valence-electron chi connectivity index (χ1n) is 10.8. The van der Waals surface area contributed by atoms with E-state index in [1.165, 1.54) is 0 Å². The van der Waals surface area contributed by atoms with Gasteiger partial charge in [-0.2, -0.15) is 12.6 Å². The predicted molar refractivity (Wildman–Crippen MR) is 132 cm³/mol. The van der Waals surface area contributed by atoms with E-state index in [-0.39, 0.29) is 31.1 Å². The number of rotatable bonds is 15.